The topological polar surface area (TPSA) is 67.9 Å². The lowest BCUT2D eigenvalue weighted by molar-refractivity contribution is 1.23. The summed E-state index contributed by atoms with van der Waals surface area (Å²) < 4.78 is 0. The van der Waals surface area contributed by atoms with E-state index in [1.165, 1.54) is 26.9 Å². The molecule has 11 rings (SSSR count). The molecule has 0 saturated carbocycles. The van der Waals surface area contributed by atoms with Crippen LogP contribution >= 0.6 is 0 Å². The summed E-state index contributed by atoms with van der Waals surface area (Å²) in [6, 6.07) is 57.9. The van der Waals surface area contributed by atoms with Gasteiger partial charge in [0.05, 0.1) is 39.3 Å². The summed E-state index contributed by atoms with van der Waals surface area (Å²) in [4.78, 5) is 17.0. The predicted molar refractivity (Wildman–Crippen MR) is 240 cm³/mol. The third-order valence-corrected chi connectivity index (χ3v) is 11.3. The smallest absolute Gasteiger partial charge is 0.0944 e. The van der Waals surface area contributed by atoms with Gasteiger partial charge in [-0.2, -0.15) is 0 Å². The zero-order valence-corrected chi connectivity index (χ0v) is 31.0. The highest BCUT2D eigenvalue weighted by molar-refractivity contribution is 6.28. The number of pyridine rings is 3. The summed E-state index contributed by atoms with van der Waals surface area (Å²) in [6.07, 6.45) is 8.81. The molecule has 0 unspecified atom stereocenters. The Kier molecular flexibility index (Phi) is 7.64. The molecule has 0 aliphatic carbocycles. The minimum Gasteiger partial charge on any atom is -0.396 e. The van der Waals surface area contributed by atoms with Gasteiger partial charge in [-0.05, 0) is 105 Å². The fourth-order valence-corrected chi connectivity index (χ4v) is 8.54. The van der Waals surface area contributed by atoms with Crippen LogP contribution in [0.15, 0.2) is 182 Å². The molecule has 11 aromatic rings. The SMILES string of the molecule is Nc1c(/C=C\Cc2cnc3ccccc3c2)ccc2ccc(-c3ccc4ccc5c(N(c6ccccc6)c6cccc7ncccc67)ccc6ccc3c4c65)nc12. The molecule has 0 atom stereocenters. The molecule has 0 fully saturated rings. The van der Waals surface area contributed by atoms with Crippen LogP contribution in [0.1, 0.15) is 11.1 Å². The molecule has 268 valence electrons. The van der Waals surface area contributed by atoms with E-state index in [1.807, 2.05) is 36.7 Å². The second-order valence-corrected chi connectivity index (χ2v) is 14.6. The second-order valence-electron chi connectivity index (χ2n) is 14.6. The molecule has 0 radical (unpaired) electrons. The van der Waals surface area contributed by atoms with E-state index in [9.17, 15) is 0 Å². The van der Waals surface area contributed by atoms with Crippen molar-refractivity contribution < 1.29 is 0 Å². The highest BCUT2D eigenvalue weighted by Gasteiger charge is 2.21. The van der Waals surface area contributed by atoms with Crippen molar-refractivity contribution in [3.8, 4) is 11.3 Å². The Hall–Kier alpha value is -7.63. The van der Waals surface area contributed by atoms with Gasteiger partial charge in [0.15, 0.2) is 0 Å². The van der Waals surface area contributed by atoms with Crippen LogP contribution in [-0.2, 0) is 6.42 Å². The molecule has 0 aliphatic rings. The summed E-state index contributed by atoms with van der Waals surface area (Å²) >= 11 is 0. The minimum atomic E-state index is 0.675. The van der Waals surface area contributed by atoms with Gasteiger partial charge in [-0.1, -0.05) is 115 Å². The Labute approximate surface area is 329 Å². The maximum atomic E-state index is 6.89. The molecule has 3 aromatic heterocycles. The van der Waals surface area contributed by atoms with Crippen molar-refractivity contribution in [1.29, 1.82) is 0 Å². The maximum Gasteiger partial charge on any atom is 0.0944 e. The van der Waals surface area contributed by atoms with E-state index in [4.69, 9.17) is 15.7 Å². The highest BCUT2D eigenvalue weighted by Crippen LogP contribution is 2.46. The number of rotatable bonds is 7. The standard InChI is InChI=1S/C52H35N5/c53-51-36(11-6-9-33-31-38-10-4-5-15-44(38)55-32-33)18-19-37-23-28-46(56-52(37)51)40-25-20-34-22-27-43-48(29-24-35-21-26-41(40)49(34)50(35)43)57(39-12-2-1-3-13-39)47-17-7-16-45-42(47)14-8-30-54-45/h1-8,10-32H,9,53H2/b11-6-. The highest BCUT2D eigenvalue weighted by atomic mass is 15.1. The third kappa shape index (κ3) is 5.51. The van der Waals surface area contributed by atoms with Crippen LogP contribution in [0.4, 0.5) is 22.7 Å². The molecule has 3 heterocycles. The first-order chi connectivity index (χ1) is 28.2. The first-order valence-electron chi connectivity index (χ1n) is 19.3. The van der Waals surface area contributed by atoms with Gasteiger partial charge in [-0.3, -0.25) is 9.97 Å². The molecule has 5 heteroatoms. The van der Waals surface area contributed by atoms with Crippen LogP contribution in [0.25, 0.3) is 82.4 Å². The third-order valence-electron chi connectivity index (χ3n) is 11.3. The number of hydrogen-bond acceptors (Lipinski definition) is 5. The van der Waals surface area contributed by atoms with Gasteiger partial charge >= 0.3 is 0 Å². The summed E-state index contributed by atoms with van der Waals surface area (Å²) in [6.45, 7) is 0. The van der Waals surface area contributed by atoms with E-state index in [2.05, 4.69) is 162 Å². The minimum absolute atomic E-state index is 0.675. The summed E-state index contributed by atoms with van der Waals surface area (Å²) in [7, 11) is 0. The van der Waals surface area contributed by atoms with Crippen molar-refractivity contribution in [2.45, 2.75) is 6.42 Å². The molecule has 0 aliphatic heterocycles. The van der Waals surface area contributed by atoms with Gasteiger partial charge in [-0.15, -0.1) is 0 Å². The van der Waals surface area contributed by atoms with E-state index in [0.29, 0.717) is 5.69 Å². The van der Waals surface area contributed by atoms with Crippen molar-refractivity contribution in [2.24, 2.45) is 0 Å². The number of aromatic nitrogens is 3. The Balaban J connectivity index is 1.03. The first kappa shape index (κ1) is 32.8. The lowest BCUT2D eigenvalue weighted by atomic mass is 9.90. The number of nitrogens with zero attached hydrogens (tertiary/aromatic N) is 4. The van der Waals surface area contributed by atoms with Crippen LogP contribution in [0.3, 0.4) is 0 Å². The molecule has 0 saturated heterocycles. The van der Waals surface area contributed by atoms with E-state index in [1.54, 1.807) is 0 Å². The quantitative estimate of drug-likeness (QED) is 0.131. The molecule has 8 aromatic carbocycles. The number of nitrogens with two attached hydrogens (primary N) is 1. The normalized spacial score (nSPS) is 11.9. The first-order valence-corrected chi connectivity index (χ1v) is 19.3. The van der Waals surface area contributed by atoms with Crippen molar-refractivity contribution >= 4 is 93.9 Å². The van der Waals surface area contributed by atoms with Gasteiger partial charge in [0.25, 0.3) is 0 Å². The number of hydrogen-bond donors (Lipinski definition) is 1. The number of para-hydroxylation sites is 2. The van der Waals surface area contributed by atoms with Crippen LogP contribution < -0.4 is 10.6 Å². The van der Waals surface area contributed by atoms with E-state index in [0.717, 1.165) is 84.0 Å². The van der Waals surface area contributed by atoms with Crippen LogP contribution in [0, 0.1) is 0 Å². The average Bonchev–Trinajstić information content (AvgIpc) is 3.27. The van der Waals surface area contributed by atoms with Crippen LogP contribution in [-0.4, -0.2) is 15.0 Å². The second kappa shape index (κ2) is 13.3. The molecular weight excluding hydrogens is 695 g/mol. The molecule has 2 N–H and O–H groups in total. The van der Waals surface area contributed by atoms with Gasteiger partial charge < -0.3 is 10.6 Å². The van der Waals surface area contributed by atoms with Gasteiger partial charge in [0.1, 0.15) is 0 Å². The zero-order valence-electron chi connectivity index (χ0n) is 31.0. The fraction of sp³-hybridized carbons (Fsp3) is 0.0192. The Bertz CT molecular complexity index is 3350. The molecular formula is C52H35N5. The zero-order chi connectivity index (χ0) is 37.9. The molecule has 0 spiro atoms. The summed E-state index contributed by atoms with van der Waals surface area (Å²) in [5.41, 5.74) is 17.7. The van der Waals surface area contributed by atoms with Crippen molar-refractivity contribution in [3.05, 3.63) is 193 Å². The Morgan fingerprint density at radius 3 is 2.19 bits per heavy atom. The predicted octanol–water partition coefficient (Wildman–Crippen LogP) is 13.2. The number of nitrogen functional groups attached to an aromatic ring is 1. The largest absolute Gasteiger partial charge is 0.396 e. The van der Waals surface area contributed by atoms with E-state index >= 15 is 0 Å². The number of fused-ring (bicyclic) bond motifs is 3. The molecule has 5 nitrogen and oxygen atoms in total. The van der Waals surface area contributed by atoms with Crippen LogP contribution in [0.2, 0.25) is 0 Å². The fourth-order valence-electron chi connectivity index (χ4n) is 8.54. The number of allylic oxidation sites excluding steroid dienone is 1. The van der Waals surface area contributed by atoms with Crippen LogP contribution in [0.5, 0.6) is 0 Å². The van der Waals surface area contributed by atoms with Gasteiger partial charge in [0, 0.05) is 45.2 Å². The monoisotopic (exact) mass is 729 g/mol. The number of benzene rings is 8. The lowest BCUT2D eigenvalue weighted by Crippen LogP contribution is -2.11. The average molecular weight is 730 g/mol. The Morgan fingerprint density at radius 1 is 0.544 bits per heavy atom. The van der Waals surface area contributed by atoms with Gasteiger partial charge in [0.2, 0.25) is 0 Å². The van der Waals surface area contributed by atoms with E-state index < -0.39 is 0 Å². The van der Waals surface area contributed by atoms with E-state index in [-0.39, 0.29) is 0 Å². The Morgan fingerprint density at radius 2 is 1.28 bits per heavy atom. The summed E-state index contributed by atoms with van der Waals surface area (Å²) in [5.74, 6) is 0. The summed E-state index contributed by atoms with van der Waals surface area (Å²) in [5, 5.41) is 10.4. The molecule has 0 amide bonds. The number of anilines is 4. The van der Waals surface area contributed by atoms with Crippen molar-refractivity contribution in [2.75, 3.05) is 10.6 Å². The maximum absolute atomic E-state index is 6.89. The van der Waals surface area contributed by atoms with Gasteiger partial charge in [-0.25, -0.2) is 4.98 Å². The lowest BCUT2D eigenvalue weighted by Gasteiger charge is -2.28. The molecule has 57 heavy (non-hydrogen) atoms. The molecule has 0 bridgehead atoms. The van der Waals surface area contributed by atoms with Crippen molar-refractivity contribution in [1.82, 2.24) is 15.0 Å². The van der Waals surface area contributed by atoms with Crippen molar-refractivity contribution in [3.63, 3.8) is 0 Å².